The molecule has 0 radical (unpaired) electrons. The smallest absolute Gasteiger partial charge is 0.333 e. The Morgan fingerprint density at radius 3 is 2.55 bits per heavy atom. The average molecular weight is 295 g/mol. The van der Waals surface area contributed by atoms with Crippen molar-refractivity contribution in [2.45, 2.75) is 18.2 Å². The van der Waals surface area contributed by atoms with Gasteiger partial charge in [-0.05, 0) is 25.5 Å². The molecule has 1 aliphatic heterocycles. The van der Waals surface area contributed by atoms with Gasteiger partial charge in [0.25, 0.3) is 0 Å². The summed E-state index contributed by atoms with van der Waals surface area (Å²) in [6.07, 6.45) is 2.01. The van der Waals surface area contributed by atoms with Gasteiger partial charge < -0.3 is 4.74 Å². The van der Waals surface area contributed by atoms with E-state index in [9.17, 15) is 13.2 Å². The van der Waals surface area contributed by atoms with Crippen molar-refractivity contribution in [3.05, 3.63) is 42.0 Å². The number of carbonyl (C=O) groups excluding carboxylic acids is 1. The molecular formula is C14H17NO4S. The fourth-order valence-electron chi connectivity index (χ4n) is 2.02. The van der Waals surface area contributed by atoms with Crippen LogP contribution in [0.15, 0.2) is 46.9 Å². The van der Waals surface area contributed by atoms with Gasteiger partial charge in [0.1, 0.15) is 0 Å². The number of ether oxygens (including phenoxy) is 1. The highest BCUT2D eigenvalue weighted by atomic mass is 32.2. The first-order valence-corrected chi connectivity index (χ1v) is 7.91. The highest BCUT2D eigenvalue weighted by molar-refractivity contribution is 7.89. The minimum atomic E-state index is -3.49. The van der Waals surface area contributed by atoms with E-state index in [2.05, 4.69) is 0 Å². The lowest BCUT2D eigenvalue weighted by Gasteiger charge is -2.25. The fourth-order valence-corrected chi connectivity index (χ4v) is 3.42. The summed E-state index contributed by atoms with van der Waals surface area (Å²) in [5.74, 6) is -0.357. The molecule has 0 spiro atoms. The lowest BCUT2D eigenvalue weighted by molar-refractivity contribution is -0.138. The summed E-state index contributed by atoms with van der Waals surface area (Å²) >= 11 is 0. The largest absolute Gasteiger partial charge is 0.463 e. The molecule has 108 valence electrons. The zero-order valence-corrected chi connectivity index (χ0v) is 12.1. The molecule has 2 rings (SSSR count). The van der Waals surface area contributed by atoms with Gasteiger partial charge in [0.15, 0.2) is 0 Å². The number of hydrogen-bond donors (Lipinski definition) is 0. The summed E-state index contributed by atoms with van der Waals surface area (Å²) in [7, 11) is -3.49. The maximum atomic E-state index is 12.4. The van der Waals surface area contributed by atoms with Crippen LogP contribution in [0.3, 0.4) is 0 Å². The van der Waals surface area contributed by atoms with Crippen molar-refractivity contribution in [3.63, 3.8) is 0 Å². The molecule has 1 aromatic rings. The second-order valence-electron chi connectivity index (χ2n) is 4.38. The van der Waals surface area contributed by atoms with Gasteiger partial charge in [-0.3, -0.25) is 0 Å². The standard InChI is InChI=1S/C14H17NO4S/c1-2-19-14(16)12-8-10-15(11-9-12)20(17,18)13-6-4-3-5-7-13/h3-8H,2,9-11H2,1H3. The van der Waals surface area contributed by atoms with E-state index >= 15 is 0 Å². The molecule has 6 heteroatoms. The molecule has 0 saturated heterocycles. The van der Waals surface area contributed by atoms with Gasteiger partial charge >= 0.3 is 5.97 Å². The molecule has 5 nitrogen and oxygen atoms in total. The minimum absolute atomic E-state index is 0.200. The van der Waals surface area contributed by atoms with E-state index in [1.807, 2.05) is 0 Å². The highest BCUT2D eigenvalue weighted by Crippen LogP contribution is 2.20. The summed E-state index contributed by atoms with van der Waals surface area (Å²) in [5, 5.41) is 0. The number of carbonyl (C=O) groups is 1. The topological polar surface area (TPSA) is 63.7 Å². The van der Waals surface area contributed by atoms with Gasteiger partial charge in [0.05, 0.1) is 11.5 Å². The number of rotatable bonds is 4. The molecule has 0 fully saturated rings. The maximum Gasteiger partial charge on any atom is 0.333 e. The van der Waals surface area contributed by atoms with Crippen LogP contribution in [0.1, 0.15) is 13.3 Å². The number of esters is 1. The lowest BCUT2D eigenvalue weighted by Crippen LogP contribution is -2.36. The Labute approximate surface area is 118 Å². The van der Waals surface area contributed by atoms with Crippen LogP contribution >= 0.6 is 0 Å². The van der Waals surface area contributed by atoms with Gasteiger partial charge in [-0.1, -0.05) is 24.3 Å². The summed E-state index contributed by atoms with van der Waals surface area (Å²) in [6.45, 7) is 2.56. The third-order valence-electron chi connectivity index (χ3n) is 3.09. The van der Waals surface area contributed by atoms with Crippen LogP contribution in [0.4, 0.5) is 0 Å². The predicted molar refractivity (Wildman–Crippen MR) is 74.5 cm³/mol. The molecule has 0 amide bonds. The second kappa shape index (κ2) is 6.19. The fraction of sp³-hybridized carbons (Fsp3) is 0.357. The Hall–Kier alpha value is -1.66. The highest BCUT2D eigenvalue weighted by Gasteiger charge is 2.27. The van der Waals surface area contributed by atoms with Crippen LogP contribution in [0.2, 0.25) is 0 Å². The number of benzene rings is 1. The molecule has 0 unspecified atom stereocenters. The van der Waals surface area contributed by atoms with Crippen molar-refractivity contribution in [1.29, 1.82) is 0 Å². The molecular weight excluding hydrogens is 278 g/mol. The number of nitrogens with zero attached hydrogens (tertiary/aromatic N) is 1. The Morgan fingerprint density at radius 2 is 2.00 bits per heavy atom. The molecule has 0 aromatic heterocycles. The van der Waals surface area contributed by atoms with Crippen molar-refractivity contribution in [2.24, 2.45) is 0 Å². The molecule has 1 heterocycles. The van der Waals surface area contributed by atoms with Gasteiger partial charge in [0.2, 0.25) is 10.0 Å². The molecule has 0 bridgehead atoms. The zero-order chi connectivity index (χ0) is 14.6. The molecule has 0 aliphatic carbocycles. The Kier molecular flexibility index (Phi) is 4.57. The first kappa shape index (κ1) is 14.7. The third kappa shape index (κ3) is 3.08. The van der Waals surface area contributed by atoms with Crippen LogP contribution < -0.4 is 0 Å². The van der Waals surface area contributed by atoms with Crippen molar-refractivity contribution in [1.82, 2.24) is 4.31 Å². The average Bonchev–Trinajstić information content (AvgIpc) is 2.48. The van der Waals surface area contributed by atoms with Crippen LogP contribution in [0.25, 0.3) is 0 Å². The number of hydrogen-bond acceptors (Lipinski definition) is 4. The zero-order valence-electron chi connectivity index (χ0n) is 11.3. The third-order valence-corrected chi connectivity index (χ3v) is 4.97. The van der Waals surface area contributed by atoms with Gasteiger partial charge in [0, 0.05) is 18.7 Å². The van der Waals surface area contributed by atoms with E-state index < -0.39 is 10.0 Å². The van der Waals surface area contributed by atoms with Crippen LogP contribution in [0.5, 0.6) is 0 Å². The first-order chi connectivity index (χ1) is 9.55. The Bertz CT molecular complexity index is 607. The Balaban J connectivity index is 2.13. The molecule has 20 heavy (non-hydrogen) atoms. The molecule has 0 atom stereocenters. The summed E-state index contributed by atoms with van der Waals surface area (Å²) < 4.78 is 31.0. The first-order valence-electron chi connectivity index (χ1n) is 6.47. The van der Waals surface area contributed by atoms with Gasteiger partial charge in [-0.2, -0.15) is 4.31 Å². The normalized spacial score (nSPS) is 16.6. The Morgan fingerprint density at radius 1 is 1.30 bits per heavy atom. The minimum Gasteiger partial charge on any atom is -0.463 e. The van der Waals surface area contributed by atoms with Crippen LogP contribution in [-0.2, 0) is 19.6 Å². The van der Waals surface area contributed by atoms with Crippen molar-refractivity contribution >= 4 is 16.0 Å². The maximum absolute atomic E-state index is 12.4. The summed E-state index contributed by atoms with van der Waals surface area (Å²) in [5.41, 5.74) is 0.548. The molecule has 0 N–H and O–H groups in total. The van der Waals surface area contributed by atoms with E-state index in [1.165, 1.54) is 4.31 Å². The number of sulfonamides is 1. The predicted octanol–water partition coefficient (Wildman–Crippen LogP) is 1.57. The lowest BCUT2D eigenvalue weighted by atomic mass is 10.1. The van der Waals surface area contributed by atoms with E-state index in [-0.39, 0.29) is 17.4 Å². The summed E-state index contributed by atoms with van der Waals surface area (Å²) in [6, 6.07) is 8.29. The van der Waals surface area contributed by atoms with E-state index in [4.69, 9.17) is 4.74 Å². The van der Waals surface area contributed by atoms with E-state index in [0.717, 1.165) is 0 Å². The molecule has 1 aromatic carbocycles. The SMILES string of the molecule is CCOC(=O)C1=CCN(S(=O)(=O)c2ccccc2)CC1. The monoisotopic (exact) mass is 295 g/mol. The van der Waals surface area contributed by atoms with E-state index in [0.29, 0.717) is 25.1 Å². The molecule has 0 saturated carbocycles. The van der Waals surface area contributed by atoms with Gasteiger partial charge in [-0.25, -0.2) is 13.2 Å². The quantitative estimate of drug-likeness (QED) is 0.791. The van der Waals surface area contributed by atoms with Gasteiger partial charge in [-0.15, -0.1) is 0 Å². The summed E-state index contributed by atoms with van der Waals surface area (Å²) in [4.78, 5) is 11.8. The second-order valence-corrected chi connectivity index (χ2v) is 6.31. The van der Waals surface area contributed by atoms with E-state index in [1.54, 1.807) is 43.3 Å². The van der Waals surface area contributed by atoms with Crippen LogP contribution in [0, 0.1) is 0 Å². The van der Waals surface area contributed by atoms with Crippen molar-refractivity contribution in [2.75, 3.05) is 19.7 Å². The van der Waals surface area contributed by atoms with Crippen molar-refractivity contribution < 1.29 is 17.9 Å². The van der Waals surface area contributed by atoms with Crippen molar-refractivity contribution in [3.8, 4) is 0 Å². The molecule has 1 aliphatic rings. The van der Waals surface area contributed by atoms with Crippen LogP contribution in [-0.4, -0.2) is 38.4 Å².